The molecule has 3 rings (SSSR count). The number of aryl methyl sites for hydroxylation is 1. The molecule has 1 aliphatic rings. The predicted octanol–water partition coefficient (Wildman–Crippen LogP) is 2.77. The molecule has 0 saturated heterocycles. The van der Waals surface area contributed by atoms with Crippen molar-refractivity contribution in [3.63, 3.8) is 0 Å². The fourth-order valence-electron chi connectivity index (χ4n) is 3.57. The van der Waals surface area contributed by atoms with E-state index in [0.717, 1.165) is 42.8 Å². The van der Waals surface area contributed by atoms with Crippen molar-refractivity contribution in [3.8, 4) is 5.69 Å². The van der Waals surface area contributed by atoms with Crippen LogP contribution in [-0.4, -0.2) is 33.4 Å². The van der Waals surface area contributed by atoms with Crippen molar-refractivity contribution in [1.82, 2.24) is 15.1 Å². The number of aliphatic hydroxyl groups excluding tert-OH is 1. The summed E-state index contributed by atoms with van der Waals surface area (Å²) in [7, 11) is 0. The SMILES string of the molecule is Cc1nn(-c2ccccc2)c(C)c1C(=O)NCC1CCCC(O)C1. The highest BCUT2D eigenvalue weighted by Gasteiger charge is 2.23. The van der Waals surface area contributed by atoms with Crippen molar-refractivity contribution in [2.24, 2.45) is 5.92 Å². The van der Waals surface area contributed by atoms with E-state index in [4.69, 9.17) is 0 Å². The summed E-state index contributed by atoms with van der Waals surface area (Å²) in [5.41, 5.74) is 3.18. The number of nitrogens with zero attached hydrogens (tertiary/aromatic N) is 2. The van der Waals surface area contributed by atoms with Gasteiger partial charge in [0.15, 0.2) is 0 Å². The molecule has 1 aliphatic carbocycles. The highest BCUT2D eigenvalue weighted by molar-refractivity contribution is 5.96. The van der Waals surface area contributed by atoms with Crippen molar-refractivity contribution < 1.29 is 9.90 Å². The van der Waals surface area contributed by atoms with Gasteiger partial charge in [0.2, 0.25) is 0 Å². The van der Waals surface area contributed by atoms with Gasteiger partial charge in [0, 0.05) is 6.54 Å². The van der Waals surface area contributed by atoms with Crippen LogP contribution in [-0.2, 0) is 0 Å². The minimum Gasteiger partial charge on any atom is -0.393 e. The third-order valence-electron chi connectivity index (χ3n) is 4.83. The first kappa shape index (κ1) is 16.7. The summed E-state index contributed by atoms with van der Waals surface area (Å²) < 4.78 is 1.81. The molecular formula is C19H25N3O2. The molecule has 24 heavy (non-hydrogen) atoms. The zero-order valence-corrected chi connectivity index (χ0v) is 14.3. The molecule has 2 atom stereocenters. The average Bonchev–Trinajstić information content (AvgIpc) is 2.88. The Morgan fingerprint density at radius 2 is 2.04 bits per heavy atom. The zero-order chi connectivity index (χ0) is 17.1. The largest absolute Gasteiger partial charge is 0.393 e. The predicted molar refractivity (Wildman–Crippen MR) is 93.3 cm³/mol. The minimum absolute atomic E-state index is 0.0766. The Balaban J connectivity index is 1.72. The van der Waals surface area contributed by atoms with Gasteiger partial charge in [0.1, 0.15) is 0 Å². The number of nitrogens with one attached hydrogen (secondary N) is 1. The molecule has 1 amide bonds. The van der Waals surface area contributed by atoms with Crippen molar-refractivity contribution in [3.05, 3.63) is 47.3 Å². The van der Waals surface area contributed by atoms with E-state index in [-0.39, 0.29) is 12.0 Å². The number of hydrogen-bond donors (Lipinski definition) is 2. The fraction of sp³-hybridized carbons (Fsp3) is 0.474. The summed E-state index contributed by atoms with van der Waals surface area (Å²) in [5.74, 6) is 0.287. The van der Waals surface area contributed by atoms with E-state index in [0.29, 0.717) is 18.0 Å². The second kappa shape index (κ2) is 7.18. The second-order valence-corrected chi connectivity index (χ2v) is 6.69. The van der Waals surface area contributed by atoms with Crippen molar-refractivity contribution >= 4 is 5.91 Å². The van der Waals surface area contributed by atoms with Gasteiger partial charge >= 0.3 is 0 Å². The standard InChI is InChI=1S/C19H25N3O2/c1-13-18(14(2)22(21-13)16-8-4-3-5-9-16)19(24)20-12-15-7-6-10-17(23)11-15/h3-5,8-9,15,17,23H,6-7,10-12H2,1-2H3,(H,20,24). The van der Waals surface area contributed by atoms with Crippen LogP contribution in [0, 0.1) is 19.8 Å². The molecule has 2 N–H and O–H groups in total. The van der Waals surface area contributed by atoms with Crippen LogP contribution >= 0.6 is 0 Å². The molecule has 2 aromatic rings. The summed E-state index contributed by atoms with van der Waals surface area (Å²) in [5, 5.41) is 17.3. The number of aliphatic hydroxyl groups is 1. The molecule has 1 aromatic carbocycles. The average molecular weight is 327 g/mol. The Morgan fingerprint density at radius 3 is 2.75 bits per heavy atom. The van der Waals surface area contributed by atoms with Crippen LogP contribution in [0.15, 0.2) is 30.3 Å². The Morgan fingerprint density at radius 1 is 1.29 bits per heavy atom. The number of para-hydroxylation sites is 1. The molecule has 1 fully saturated rings. The Bertz CT molecular complexity index is 709. The number of carbonyl (C=O) groups is 1. The lowest BCUT2D eigenvalue weighted by molar-refractivity contribution is 0.0873. The van der Waals surface area contributed by atoms with Gasteiger partial charge in [0.25, 0.3) is 5.91 Å². The first-order valence-electron chi connectivity index (χ1n) is 8.64. The molecule has 1 saturated carbocycles. The molecule has 128 valence electrons. The third-order valence-corrected chi connectivity index (χ3v) is 4.83. The van der Waals surface area contributed by atoms with Gasteiger partial charge in [-0.25, -0.2) is 4.68 Å². The minimum atomic E-state index is -0.218. The van der Waals surface area contributed by atoms with Gasteiger partial charge in [-0.3, -0.25) is 4.79 Å². The molecule has 5 nitrogen and oxygen atoms in total. The van der Waals surface area contributed by atoms with Crippen LogP contribution in [0.4, 0.5) is 0 Å². The molecule has 0 spiro atoms. The highest BCUT2D eigenvalue weighted by Crippen LogP contribution is 2.24. The van der Waals surface area contributed by atoms with Crippen LogP contribution < -0.4 is 5.32 Å². The molecule has 1 aromatic heterocycles. The van der Waals surface area contributed by atoms with Gasteiger partial charge in [-0.2, -0.15) is 5.10 Å². The van der Waals surface area contributed by atoms with Crippen molar-refractivity contribution in [1.29, 1.82) is 0 Å². The first-order valence-corrected chi connectivity index (χ1v) is 8.64. The van der Waals surface area contributed by atoms with Crippen LogP contribution in [0.1, 0.15) is 47.4 Å². The lowest BCUT2D eigenvalue weighted by Crippen LogP contribution is -2.33. The summed E-state index contributed by atoms with van der Waals surface area (Å²) in [6.07, 6.45) is 3.54. The second-order valence-electron chi connectivity index (χ2n) is 6.69. The summed E-state index contributed by atoms with van der Waals surface area (Å²) in [4.78, 5) is 12.6. The van der Waals surface area contributed by atoms with E-state index in [1.165, 1.54) is 0 Å². The monoisotopic (exact) mass is 327 g/mol. The third kappa shape index (κ3) is 3.51. The molecule has 0 bridgehead atoms. The van der Waals surface area contributed by atoms with Gasteiger partial charge in [-0.05, 0) is 51.2 Å². The van der Waals surface area contributed by atoms with Gasteiger partial charge in [-0.1, -0.05) is 24.6 Å². The molecule has 0 aliphatic heterocycles. The van der Waals surface area contributed by atoms with E-state index >= 15 is 0 Å². The van der Waals surface area contributed by atoms with Crippen molar-refractivity contribution in [2.75, 3.05) is 6.54 Å². The normalized spacial score (nSPS) is 20.8. The maximum Gasteiger partial charge on any atom is 0.255 e. The number of hydrogen-bond acceptors (Lipinski definition) is 3. The number of amides is 1. The number of benzene rings is 1. The molecule has 5 heteroatoms. The molecule has 1 heterocycles. The lowest BCUT2D eigenvalue weighted by Gasteiger charge is -2.25. The van der Waals surface area contributed by atoms with Crippen molar-refractivity contribution in [2.45, 2.75) is 45.6 Å². The zero-order valence-electron chi connectivity index (χ0n) is 14.3. The number of carbonyl (C=O) groups excluding carboxylic acids is 1. The van der Waals surface area contributed by atoms with Crippen LogP contribution in [0.2, 0.25) is 0 Å². The summed E-state index contributed by atoms with van der Waals surface area (Å²) in [6.45, 7) is 4.41. The Hall–Kier alpha value is -2.14. The van der Waals surface area contributed by atoms with E-state index in [2.05, 4.69) is 10.4 Å². The number of aromatic nitrogens is 2. The maximum atomic E-state index is 12.6. The Kier molecular flexibility index (Phi) is 5.00. The summed E-state index contributed by atoms with van der Waals surface area (Å²) >= 11 is 0. The quantitative estimate of drug-likeness (QED) is 0.907. The van der Waals surface area contributed by atoms with E-state index < -0.39 is 0 Å². The lowest BCUT2D eigenvalue weighted by atomic mass is 9.87. The molecule has 2 unspecified atom stereocenters. The number of rotatable bonds is 4. The first-order chi connectivity index (χ1) is 11.6. The van der Waals surface area contributed by atoms with Gasteiger partial charge < -0.3 is 10.4 Å². The van der Waals surface area contributed by atoms with E-state index in [1.54, 1.807) is 0 Å². The van der Waals surface area contributed by atoms with Gasteiger partial charge in [0.05, 0.1) is 28.7 Å². The van der Waals surface area contributed by atoms with Crippen LogP contribution in [0.3, 0.4) is 0 Å². The van der Waals surface area contributed by atoms with E-state index in [9.17, 15) is 9.90 Å². The molecular weight excluding hydrogens is 302 g/mol. The van der Waals surface area contributed by atoms with Gasteiger partial charge in [-0.15, -0.1) is 0 Å². The van der Waals surface area contributed by atoms with Crippen LogP contribution in [0.25, 0.3) is 5.69 Å². The smallest absolute Gasteiger partial charge is 0.255 e. The van der Waals surface area contributed by atoms with Crippen LogP contribution in [0.5, 0.6) is 0 Å². The fourth-order valence-corrected chi connectivity index (χ4v) is 3.57. The highest BCUT2D eigenvalue weighted by atomic mass is 16.3. The van der Waals surface area contributed by atoms with E-state index in [1.807, 2.05) is 48.9 Å². The summed E-state index contributed by atoms with van der Waals surface area (Å²) in [6, 6.07) is 9.83. The molecule has 0 radical (unpaired) electrons. The Labute approximate surface area is 142 Å². The maximum absolute atomic E-state index is 12.6. The topological polar surface area (TPSA) is 67.2 Å².